The summed E-state index contributed by atoms with van der Waals surface area (Å²) in [6.07, 6.45) is 2.80. The van der Waals surface area contributed by atoms with Gasteiger partial charge in [0.15, 0.2) is 0 Å². The molecule has 1 aliphatic rings. The van der Waals surface area contributed by atoms with E-state index in [0.29, 0.717) is 11.6 Å². The van der Waals surface area contributed by atoms with Crippen molar-refractivity contribution in [2.24, 2.45) is 5.16 Å². The van der Waals surface area contributed by atoms with Crippen LogP contribution >= 0.6 is 23.6 Å². The van der Waals surface area contributed by atoms with Crippen molar-refractivity contribution < 1.29 is 18.6 Å². The van der Waals surface area contributed by atoms with E-state index in [4.69, 9.17) is 25.4 Å². The molecule has 148 valence electrons. The summed E-state index contributed by atoms with van der Waals surface area (Å²) in [5.41, 5.74) is 0.942. The second kappa shape index (κ2) is 9.21. The van der Waals surface area contributed by atoms with Crippen LogP contribution in [0.3, 0.4) is 0 Å². The fraction of sp³-hybridized carbons (Fsp3) is 0.300. The third-order valence-electron chi connectivity index (χ3n) is 4.04. The molecule has 3 rings (SSSR count). The van der Waals surface area contributed by atoms with Gasteiger partial charge in [0.25, 0.3) is 0 Å². The number of oxime groups is 1. The van der Waals surface area contributed by atoms with E-state index in [-0.39, 0.29) is 0 Å². The van der Waals surface area contributed by atoms with Crippen molar-refractivity contribution in [1.82, 2.24) is 0 Å². The number of fused-ring (bicyclic) bond motifs is 1. The summed E-state index contributed by atoms with van der Waals surface area (Å²) in [4.78, 5) is 12.5. The van der Waals surface area contributed by atoms with Gasteiger partial charge in [-0.05, 0) is 69.2 Å². The highest BCUT2D eigenvalue weighted by Crippen LogP contribution is 2.37. The third kappa shape index (κ3) is 5.56. The maximum Gasteiger partial charge on any atom is 0.412 e. The minimum absolute atomic E-state index is 0.443. The summed E-state index contributed by atoms with van der Waals surface area (Å²) in [5, 5.41) is 7.29. The minimum atomic E-state index is -0.692. The van der Waals surface area contributed by atoms with Crippen molar-refractivity contribution in [1.29, 1.82) is 0 Å². The number of unbranched alkanes of at least 4 members (excludes halogenated alkanes) is 1. The first-order chi connectivity index (χ1) is 13.4. The molecule has 0 atom stereocenters. The molecule has 0 saturated carbocycles. The lowest BCUT2D eigenvalue weighted by Gasteiger charge is -2.32. The third-order valence-corrected chi connectivity index (χ3v) is 4.91. The van der Waals surface area contributed by atoms with Gasteiger partial charge in [0.1, 0.15) is 23.4 Å². The number of hydrogen-bond donors (Lipinski definition) is 1. The molecule has 1 N–H and O–H groups in total. The molecule has 8 heteroatoms. The molecule has 0 bridgehead atoms. The van der Waals surface area contributed by atoms with Crippen LogP contribution in [0.25, 0.3) is 0 Å². The summed E-state index contributed by atoms with van der Waals surface area (Å²) in [6.45, 7) is 4.25. The van der Waals surface area contributed by atoms with Crippen molar-refractivity contribution in [2.45, 2.75) is 37.2 Å². The average Bonchev–Trinajstić information content (AvgIpc) is 2.65. The largest absolute Gasteiger partial charge is 0.494 e. The van der Waals surface area contributed by atoms with Gasteiger partial charge in [-0.3, -0.25) is 5.32 Å². The summed E-state index contributed by atoms with van der Waals surface area (Å²) >= 11 is 7.00. The number of carbonyl (C=O) groups is 1. The molecule has 0 fully saturated rings. The lowest BCUT2D eigenvalue weighted by Crippen LogP contribution is -2.34. The molecule has 0 radical (unpaired) electrons. The van der Waals surface area contributed by atoms with Crippen LogP contribution in [-0.2, 0) is 14.6 Å². The number of benzene rings is 2. The predicted molar refractivity (Wildman–Crippen MR) is 111 cm³/mol. The topological polar surface area (TPSA) is 69.2 Å². The maximum absolute atomic E-state index is 11.5. The molecule has 1 amide bonds. The second-order valence-electron chi connectivity index (χ2n) is 6.62. The average molecular weight is 421 g/mol. The molecular formula is C20H21ClN2O4S. The summed E-state index contributed by atoms with van der Waals surface area (Å²) < 4.78 is 16.3. The highest BCUT2D eigenvalue weighted by atomic mass is 35.5. The Kier molecular flexibility index (Phi) is 6.70. The highest BCUT2D eigenvalue weighted by molar-refractivity contribution is 7.94. The molecule has 0 aliphatic carbocycles. The lowest BCUT2D eigenvalue weighted by atomic mass is 9.94. The molecule has 1 heterocycles. The SMILES string of the molecule is CC1(C)OC(=O)Nc2ccc(OCCCC=NOSc3ccc(Cl)cc3)cc21. The molecule has 2 aromatic rings. The van der Waals surface area contributed by atoms with Crippen LogP contribution in [0.4, 0.5) is 10.5 Å². The molecular weight excluding hydrogens is 400 g/mol. The van der Waals surface area contributed by atoms with Crippen LogP contribution in [0.1, 0.15) is 32.3 Å². The number of carbonyl (C=O) groups excluding carboxylic acids is 1. The number of nitrogens with one attached hydrogen (secondary N) is 1. The van der Waals surface area contributed by atoms with Gasteiger partial charge in [0.05, 0.1) is 17.2 Å². The number of anilines is 1. The highest BCUT2D eigenvalue weighted by Gasteiger charge is 2.33. The van der Waals surface area contributed by atoms with Gasteiger partial charge in [-0.25, -0.2) is 4.79 Å². The molecule has 6 nitrogen and oxygen atoms in total. The normalized spacial score (nSPS) is 14.9. The van der Waals surface area contributed by atoms with Crippen LogP contribution in [0.2, 0.25) is 5.02 Å². The van der Waals surface area contributed by atoms with E-state index in [1.54, 1.807) is 18.3 Å². The Bertz CT molecular complexity index is 856. The molecule has 0 spiro atoms. The molecule has 2 aromatic carbocycles. The van der Waals surface area contributed by atoms with Crippen molar-refractivity contribution in [3.05, 3.63) is 53.1 Å². The second-order valence-corrected chi connectivity index (χ2v) is 7.85. The smallest absolute Gasteiger partial charge is 0.412 e. The quantitative estimate of drug-likeness (QED) is 0.245. The van der Waals surface area contributed by atoms with Crippen LogP contribution in [0, 0.1) is 0 Å². The van der Waals surface area contributed by atoms with Gasteiger partial charge in [-0.2, -0.15) is 0 Å². The number of rotatable bonds is 8. The zero-order valence-corrected chi connectivity index (χ0v) is 17.2. The summed E-state index contributed by atoms with van der Waals surface area (Å²) in [7, 11) is 0. The molecule has 1 aliphatic heterocycles. The first kappa shape index (κ1) is 20.4. The summed E-state index contributed by atoms with van der Waals surface area (Å²) in [6, 6.07) is 12.9. The number of cyclic esters (lactones) is 1. The van der Waals surface area contributed by atoms with Crippen molar-refractivity contribution in [3.63, 3.8) is 0 Å². The monoisotopic (exact) mass is 420 g/mol. The molecule has 0 saturated heterocycles. The van der Waals surface area contributed by atoms with E-state index in [2.05, 4.69) is 10.5 Å². The Balaban J connectivity index is 1.38. The molecule has 0 unspecified atom stereocenters. The van der Waals surface area contributed by atoms with Crippen LogP contribution in [0.5, 0.6) is 5.75 Å². The predicted octanol–water partition coefficient (Wildman–Crippen LogP) is 6.01. The van der Waals surface area contributed by atoms with Crippen LogP contribution < -0.4 is 10.1 Å². The van der Waals surface area contributed by atoms with Crippen molar-refractivity contribution in [3.8, 4) is 5.75 Å². The van der Waals surface area contributed by atoms with Crippen LogP contribution in [0.15, 0.2) is 52.5 Å². The number of halogens is 1. The van der Waals surface area contributed by atoms with E-state index >= 15 is 0 Å². The summed E-state index contributed by atoms with van der Waals surface area (Å²) in [5.74, 6) is 0.734. The number of ether oxygens (including phenoxy) is 2. The van der Waals surface area contributed by atoms with Gasteiger partial charge in [0.2, 0.25) is 0 Å². The minimum Gasteiger partial charge on any atom is -0.494 e. The fourth-order valence-corrected chi connectivity index (χ4v) is 3.21. The lowest BCUT2D eigenvalue weighted by molar-refractivity contribution is 0.0418. The number of amides is 1. The molecule has 0 aromatic heterocycles. The van der Waals surface area contributed by atoms with E-state index in [1.165, 1.54) is 12.0 Å². The first-order valence-electron chi connectivity index (χ1n) is 8.82. The number of nitrogens with zero attached hydrogens (tertiary/aromatic N) is 1. The van der Waals surface area contributed by atoms with Gasteiger partial charge in [0, 0.05) is 16.8 Å². The van der Waals surface area contributed by atoms with Crippen molar-refractivity contribution in [2.75, 3.05) is 11.9 Å². The maximum atomic E-state index is 11.5. The van der Waals surface area contributed by atoms with Crippen LogP contribution in [-0.4, -0.2) is 18.9 Å². The Morgan fingerprint density at radius 3 is 2.82 bits per heavy atom. The Morgan fingerprint density at radius 1 is 1.25 bits per heavy atom. The van der Waals surface area contributed by atoms with E-state index < -0.39 is 11.7 Å². The van der Waals surface area contributed by atoms with E-state index in [9.17, 15) is 4.79 Å². The first-order valence-corrected chi connectivity index (χ1v) is 9.94. The fourth-order valence-electron chi connectivity index (χ4n) is 2.64. The molecule has 28 heavy (non-hydrogen) atoms. The Morgan fingerprint density at radius 2 is 2.04 bits per heavy atom. The van der Waals surface area contributed by atoms with E-state index in [0.717, 1.165) is 34.7 Å². The standard InChI is InChI=1S/C20H21ClN2O4S/c1-20(2)17-13-15(7-10-18(17)23-19(24)26-20)25-12-4-3-11-22-27-28-16-8-5-14(21)6-9-16/h5-11,13H,3-4,12H2,1-2H3,(H,23,24). The van der Waals surface area contributed by atoms with Crippen molar-refractivity contribution >= 4 is 41.6 Å². The van der Waals surface area contributed by atoms with Gasteiger partial charge < -0.3 is 13.8 Å². The van der Waals surface area contributed by atoms with Gasteiger partial charge in [-0.15, -0.1) is 0 Å². The van der Waals surface area contributed by atoms with Gasteiger partial charge in [-0.1, -0.05) is 16.8 Å². The zero-order chi connectivity index (χ0) is 20.0. The Labute approximate surface area is 173 Å². The van der Waals surface area contributed by atoms with E-state index in [1.807, 2.05) is 44.2 Å². The Hall–Kier alpha value is -2.38. The van der Waals surface area contributed by atoms with Gasteiger partial charge >= 0.3 is 6.09 Å². The zero-order valence-electron chi connectivity index (χ0n) is 15.6. The number of hydrogen-bond acceptors (Lipinski definition) is 6.